The molecule has 0 saturated heterocycles. The van der Waals surface area contributed by atoms with Crippen LogP contribution in [0.25, 0.3) is 5.65 Å². The molecule has 0 amide bonds. The first-order chi connectivity index (χ1) is 12.8. The lowest BCUT2D eigenvalue weighted by Crippen LogP contribution is -2.40. The van der Waals surface area contributed by atoms with Gasteiger partial charge in [-0.2, -0.15) is 0 Å². The van der Waals surface area contributed by atoms with Crippen LogP contribution in [0.5, 0.6) is 0 Å². The Kier molecular flexibility index (Phi) is 8.46. The number of rotatable bonds is 7. The Morgan fingerprint density at radius 3 is 2.63 bits per heavy atom. The summed E-state index contributed by atoms with van der Waals surface area (Å²) in [6, 6.07) is 15.8. The summed E-state index contributed by atoms with van der Waals surface area (Å²) in [4.78, 5) is 4.60. The third-order valence-corrected chi connectivity index (χ3v) is 4.11. The fourth-order valence-corrected chi connectivity index (χ4v) is 2.72. The van der Waals surface area contributed by atoms with Crippen molar-refractivity contribution in [3.05, 3.63) is 66.1 Å². The van der Waals surface area contributed by atoms with E-state index in [1.165, 1.54) is 0 Å². The number of guanidine groups is 1. The normalized spacial score (nSPS) is 12.4. The van der Waals surface area contributed by atoms with E-state index in [-0.39, 0.29) is 36.5 Å². The van der Waals surface area contributed by atoms with Gasteiger partial charge in [0.2, 0.25) is 0 Å². The Morgan fingerprint density at radius 1 is 1.11 bits per heavy atom. The lowest BCUT2D eigenvalue weighted by Gasteiger charge is -2.18. The van der Waals surface area contributed by atoms with E-state index in [4.69, 9.17) is 0 Å². The van der Waals surface area contributed by atoms with Gasteiger partial charge in [0, 0.05) is 25.2 Å². The number of aliphatic hydroxyl groups is 1. The van der Waals surface area contributed by atoms with E-state index in [2.05, 4.69) is 25.8 Å². The molecule has 1 atom stereocenters. The van der Waals surface area contributed by atoms with Crippen LogP contribution in [0.4, 0.5) is 0 Å². The van der Waals surface area contributed by atoms with E-state index in [0.29, 0.717) is 19.0 Å². The summed E-state index contributed by atoms with van der Waals surface area (Å²) in [5.41, 5.74) is 1.90. The Morgan fingerprint density at radius 2 is 1.89 bits per heavy atom. The maximum absolute atomic E-state index is 9.70. The van der Waals surface area contributed by atoms with E-state index in [1.54, 1.807) is 0 Å². The van der Waals surface area contributed by atoms with Gasteiger partial charge in [-0.25, -0.2) is 4.99 Å². The number of aliphatic hydroxyl groups excluding tert-OH is 1. The number of halogens is 1. The van der Waals surface area contributed by atoms with Crippen molar-refractivity contribution < 1.29 is 5.11 Å². The third-order valence-electron chi connectivity index (χ3n) is 4.11. The zero-order chi connectivity index (χ0) is 18.2. The van der Waals surface area contributed by atoms with Crippen molar-refractivity contribution in [2.75, 3.05) is 19.7 Å². The Hall–Kier alpha value is -2.20. The highest BCUT2D eigenvalue weighted by atomic mass is 127. The summed E-state index contributed by atoms with van der Waals surface area (Å²) in [6.45, 7) is 3.85. The van der Waals surface area contributed by atoms with E-state index in [1.807, 2.05) is 66.1 Å². The fourth-order valence-electron chi connectivity index (χ4n) is 2.72. The lowest BCUT2D eigenvalue weighted by atomic mass is 10.0. The number of hydrogen-bond acceptors (Lipinski definition) is 4. The number of benzene rings is 1. The number of pyridine rings is 1. The number of hydrogen-bond donors (Lipinski definition) is 3. The molecule has 2 aromatic heterocycles. The van der Waals surface area contributed by atoms with Crippen LogP contribution in [0, 0.1) is 0 Å². The Bertz CT molecular complexity index is 852. The van der Waals surface area contributed by atoms with E-state index in [0.717, 1.165) is 23.6 Å². The van der Waals surface area contributed by atoms with Crippen molar-refractivity contribution >= 4 is 35.6 Å². The van der Waals surface area contributed by atoms with Gasteiger partial charge < -0.3 is 15.7 Å². The van der Waals surface area contributed by atoms with Crippen molar-refractivity contribution in [1.82, 2.24) is 25.2 Å². The molecule has 2 heterocycles. The minimum atomic E-state index is 0. The second kappa shape index (κ2) is 10.8. The van der Waals surface area contributed by atoms with Gasteiger partial charge in [-0.05, 0) is 24.6 Å². The predicted octanol–water partition coefficient (Wildman–Crippen LogP) is 2.18. The smallest absolute Gasteiger partial charge is 0.191 e. The quantitative estimate of drug-likeness (QED) is 0.274. The standard InChI is InChI=1S/C19H24N6O.HI/c1-2-20-19(21-12-16(14-26)15-8-4-3-5-9-15)22-13-18-24-23-17-10-6-7-11-25(17)18;/h3-11,16,26H,2,12-14H2,1H3,(H2,20,21,22);1H. The molecule has 7 nitrogen and oxygen atoms in total. The largest absolute Gasteiger partial charge is 0.396 e. The molecule has 27 heavy (non-hydrogen) atoms. The summed E-state index contributed by atoms with van der Waals surface area (Å²) in [5, 5.41) is 24.6. The monoisotopic (exact) mass is 480 g/mol. The molecule has 3 N–H and O–H groups in total. The zero-order valence-corrected chi connectivity index (χ0v) is 17.6. The number of fused-ring (bicyclic) bond motifs is 1. The number of aliphatic imine (C=N–C) groups is 1. The van der Waals surface area contributed by atoms with E-state index < -0.39 is 0 Å². The maximum Gasteiger partial charge on any atom is 0.191 e. The summed E-state index contributed by atoms with van der Waals surface area (Å²) in [5.74, 6) is 1.48. The maximum atomic E-state index is 9.70. The summed E-state index contributed by atoms with van der Waals surface area (Å²) < 4.78 is 1.92. The van der Waals surface area contributed by atoms with Gasteiger partial charge in [0.1, 0.15) is 6.54 Å². The van der Waals surface area contributed by atoms with Gasteiger partial charge in [-0.3, -0.25) is 4.40 Å². The highest BCUT2D eigenvalue weighted by Gasteiger charge is 2.11. The van der Waals surface area contributed by atoms with E-state index in [9.17, 15) is 5.11 Å². The average Bonchev–Trinajstić information content (AvgIpc) is 3.10. The molecule has 0 aliphatic carbocycles. The van der Waals surface area contributed by atoms with Crippen LogP contribution in [0.2, 0.25) is 0 Å². The minimum Gasteiger partial charge on any atom is -0.396 e. The summed E-state index contributed by atoms with van der Waals surface area (Å²) >= 11 is 0. The number of aromatic nitrogens is 3. The van der Waals surface area contributed by atoms with Crippen molar-refractivity contribution in [2.24, 2.45) is 4.99 Å². The topological polar surface area (TPSA) is 86.8 Å². The number of nitrogens with one attached hydrogen (secondary N) is 2. The first kappa shape index (κ1) is 21.1. The average molecular weight is 480 g/mol. The third kappa shape index (κ3) is 5.64. The molecule has 3 aromatic rings. The Labute approximate surface area is 176 Å². The predicted molar refractivity (Wildman–Crippen MR) is 117 cm³/mol. The molecular formula is C19H25IN6O. The number of nitrogens with zero attached hydrogens (tertiary/aromatic N) is 4. The van der Waals surface area contributed by atoms with Crippen molar-refractivity contribution in [1.29, 1.82) is 0 Å². The van der Waals surface area contributed by atoms with Crippen LogP contribution in [0.15, 0.2) is 59.7 Å². The molecule has 0 aliphatic rings. The first-order valence-electron chi connectivity index (χ1n) is 8.78. The van der Waals surface area contributed by atoms with Crippen LogP contribution in [0.1, 0.15) is 24.2 Å². The Balaban J connectivity index is 0.00000261. The molecule has 1 unspecified atom stereocenters. The fraction of sp³-hybridized carbons (Fsp3) is 0.316. The summed E-state index contributed by atoms with van der Waals surface area (Å²) in [6.07, 6.45) is 1.93. The van der Waals surface area contributed by atoms with Crippen LogP contribution < -0.4 is 10.6 Å². The first-order valence-corrected chi connectivity index (χ1v) is 8.78. The second-order valence-corrected chi connectivity index (χ2v) is 5.91. The van der Waals surface area contributed by atoms with Crippen LogP contribution in [-0.4, -0.2) is 45.4 Å². The highest BCUT2D eigenvalue weighted by molar-refractivity contribution is 14.0. The van der Waals surface area contributed by atoms with Gasteiger partial charge in [0.15, 0.2) is 17.4 Å². The second-order valence-electron chi connectivity index (χ2n) is 5.91. The van der Waals surface area contributed by atoms with Gasteiger partial charge in [-0.15, -0.1) is 34.2 Å². The van der Waals surface area contributed by atoms with Crippen molar-refractivity contribution in [3.8, 4) is 0 Å². The molecule has 0 saturated carbocycles. The SMILES string of the molecule is CCNC(=NCc1nnc2ccccn12)NCC(CO)c1ccccc1.I. The highest BCUT2D eigenvalue weighted by Crippen LogP contribution is 2.13. The minimum absolute atomic E-state index is 0. The summed E-state index contributed by atoms with van der Waals surface area (Å²) in [7, 11) is 0. The molecule has 0 spiro atoms. The van der Waals surface area contributed by atoms with Gasteiger partial charge >= 0.3 is 0 Å². The van der Waals surface area contributed by atoms with Gasteiger partial charge in [0.25, 0.3) is 0 Å². The lowest BCUT2D eigenvalue weighted by molar-refractivity contribution is 0.265. The molecule has 0 fully saturated rings. The zero-order valence-electron chi connectivity index (χ0n) is 15.2. The van der Waals surface area contributed by atoms with E-state index >= 15 is 0 Å². The molecular weight excluding hydrogens is 455 g/mol. The molecule has 8 heteroatoms. The molecule has 144 valence electrons. The molecule has 0 radical (unpaired) electrons. The molecule has 1 aromatic carbocycles. The van der Waals surface area contributed by atoms with Crippen molar-refractivity contribution in [3.63, 3.8) is 0 Å². The van der Waals surface area contributed by atoms with Crippen LogP contribution in [0.3, 0.4) is 0 Å². The van der Waals surface area contributed by atoms with Crippen LogP contribution >= 0.6 is 24.0 Å². The van der Waals surface area contributed by atoms with Crippen molar-refractivity contribution in [2.45, 2.75) is 19.4 Å². The molecule has 3 rings (SSSR count). The van der Waals surface area contributed by atoms with Gasteiger partial charge in [-0.1, -0.05) is 36.4 Å². The van der Waals surface area contributed by atoms with Crippen LogP contribution in [-0.2, 0) is 6.54 Å². The van der Waals surface area contributed by atoms with Gasteiger partial charge in [0.05, 0.1) is 6.61 Å². The molecule has 0 aliphatic heterocycles. The molecule has 0 bridgehead atoms.